The molecule has 2 heteroatoms. The normalized spacial score (nSPS) is 14.4. The Kier molecular flexibility index (Phi) is 2.13. The highest BCUT2D eigenvalue weighted by atomic mass is 15.0. The van der Waals surface area contributed by atoms with Crippen LogP contribution >= 0.6 is 0 Å². The summed E-state index contributed by atoms with van der Waals surface area (Å²) in [4.78, 5) is 4.67. The van der Waals surface area contributed by atoms with Gasteiger partial charge in [0.15, 0.2) is 0 Å². The lowest BCUT2D eigenvalue weighted by atomic mass is 10.0. The zero-order valence-electron chi connectivity index (χ0n) is 9.35. The largest absolute Gasteiger partial charge is 0.344 e. The molecule has 0 fully saturated rings. The molecule has 0 N–H and O–H groups in total. The van der Waals surface area contributed by atoms with Crippen LogP contribution in [0.25, 0.3) is 0 Å². The molecule has 0 aliphatic carbocycles. The molecule has 0 atom stereocenters. The minimum absolute atomic E-state index is 0.880. The van der Waals surface area contributed by atoms with Crippen molar-refractivity contribution in [3.05, 3.63) is 59.4 Å². The zero-order valence-corrected chi connectivity index (χ0v) is 9.35. The van der Waals surface area contributed by atoms with E-state index in [9.17, 15) is 0 Å². The predicted molar refractivity (Wildman–Crippen MR) is 66.1 cm³/mol. The maximum atomic E-state index is 4.67. The molecule has 1 aromatic heterocycles. The molecule has 0 saturated heterocycles. The summed E-state index contributed by atoms with van der Waals surface area (Å²) in [6.45, 7) is 4.02. The van der Waals surface area contributed by atoms with Crippen LogP contribution in [0.15, 0.2) is 47.6 Å². The van der Waals surface area contributed by atoms with Gasteiger partial charge in [-0.1, -0.05) is 24.3 Å². The predicted octanol–water partition coefficient (Wildman–Crippen LogP) is 2.65. The van der Waals surface area contributed by atoms with Crippen molar-refractivity contribution in [3.63, 3.8) is 0 Å². The van der Waals surface area contributed by atoms with E-state index in [-0.39, 0.29) is 0 Å². The zero-order chi connectivity index (χ0) is 11.0. The maximum Gasteiger partial charge on any atom is 0.0886 e. The lowest BCUT2D eigenvalue weighted by molar-refractivity contribution is 0.690. The van der Waals surface area contributed by atoms with Gasteiger partial charge in [0.1, 0.15) is 0 Å². The molecule has 0 bridgehead atoms. The van der Waals surface area contributed by atoms with E-state index in [1.165, 1.54) is 16.8 Å². The van der Waals surface area contributed by atoms with E-state index >= 15 is 0 Å². The monoisotopic (exact) mass is 210 g/mol. The van der Waals surface area contributed by atoms with Gasteiger partial charge >= 0.3 is 0 Å². The van der Waals surface area contributed by atoms with E-state index in [1.54, 1.807) is 0 Å². The molecule has 0 unspecified atom stereocenters. The fourth-order valence-corrected chi connectivity index (χ4v) is 2.24. The summed E-state index contributed by atoms with van der Waals surface area (Å²) in [5.41, 5.74) is 4.91. The molecule has 1 aliphatic heterocycles. The van der Waals surface area contributed by atoms with Crippen LogP contribution < -0.4 is 0 Å². The highest BCUT2D eigenvalue weighted by Gasteiger charge is 2.15. The third-order valence-electron chi connectivity index (χ3n) is 3.08. The number of hydrogen-bond donors (Lipinski definition) is 0. The average molecular weight is 210 g/mol. The van der Waals surface area contributed by atoms with E-state index in [2.05, 4.69) is 59.1 Å². The first-order chi connectivity index (χ1) is 7.86. The topological polar surface area (TPSA) is 17.3 Å². The second-order valence-electron chi connectivity index (χ2n) is 4.13. The van der Waals surface area contributed by atoms with Gasteiger partial charge in [0.25, 0.3) is 0 Å². The Morgan fingerprint density at radius 1 is 1.12 bits per heavy atom. The first kappa shape index (κ1) is 9.40. The van der Waals surface area contributed by atoms with Crippen molar-refractivity contribution in [1.82, 2.24) is 4.57 Å². The minimum Gasteiger partial charge on any atom is -0.344 e. The van der Waals surface area contributed by atoms with E-state index in [1.807, 2.05) is 0 Å². The lowest BCUT2D eigenvalue weighted by Gasteiger charge is -2.17. The van der Waals surface area contributed by atoms with Crippen molar-refractivity contribution in [2.75, 3.05) is 6.54 Å². The Morgan fingerprint density at radius 2 is 2.00 bits per heavy atom. The van der Waals surface area contributed by atoms with Gasteiger partial charge in [0, 0.05) is 18.3 Å². The van der Waals surface area contributed by atoms with Crippen molar-refractivity contribution >= 4 is 5.71 Å². The van der Waals surface area contributed by atoms with Gasteiger partial charge in [-0.3, -0.25) is 4.99 Å². The molecule has 1 aliphatic rings. The van der Waals surface area contributed by atoms with Crippen molar-refractivity contribution < 1.29 is 0 Å². The Bertz CT molecular complexity index is 549. The molecule has 0 amide bonds. The van der Waals surface area contributed by atoms with Crippen molar-refractivity contribution in [3.8, 4) is 0 Å². The molecular weight excluding hydrogens is 196 g/mol. The second-order valence-corrected chi connectivity index (χ2v) is 4.13. The van der Waals surface area contributed by atoms with Crippen LogP contribution in [-0.4, -0.2) is 16.8 Å². The van der Waals surface area contributed by atoms with E-state index in [4.69, 9.17) is 0 Å². The standard InChI is InChI=1S/C14H14N2/c1-11-5-2-3-6-12(11)14-13-7-4-9-16(13)10-8-15-14/h2-7,9H,8,10H2,1H3. The van der Waals surface area contributed by atoms with E-state index in [0.29, 0.717) is 0 Å². The van der Waals surface area contributed by atoms with Crippen molar-refractivity contribution in [2.45, 2.75) is 13.5 Å². The summed E-state index contributed by atoms with van der Waals surface area (Å²) in [6, 6.07) is 12.7. The molecule has 2 heterocycles. The third kappa shape index (κ3) is 1.38. The summed E-state index contributed by atoms with van der Waals surface area (Å²) in [5, 5.41) is 0. The summed E-state index contributed by atoms with van der Waals surface area (Å²) in [6.07, 6.45) is 2.13. The van der Waals surface area contributed by atoms with Crippen LogP contribution in [0.2, 0.25) is 0 Å². The molecule has 0 spiro atoms. The molecule has 16 heavy (non-hydrogen) atoms. The molecule has 2 nitrogen and oxygen atoms in total. The van der Waals surface area contributed by atoms with Crippen molar-refractivity contribution in [1.29, 1.82) is 0 Å². The highest BCUT2D eigenvalue weighted by molar-refractivity contribution is 6.13. The Balaban J connectivity index is 2.16. The quantitative estimate of drug-likeness (QED) is 0.688. The number of nitrogens with zero attached hydrogens (tertiary/aromatic N) is 2. The van der Waals surface area contributed by atoms with Crippen LogP contribution in [0.4, 0.5) is 0 Å². The number of fused-ring (bicyclic) bond motifs is 1. The Labute approximate surface area is 95.3 Å². The van der Waals surface area contributed by atoms with Crippen LogP contribution in [0.5, 0.6) is 0 Å². The number of aryl methyl sites for hydroxylation is 1. The Hall–Kier alpha value is -1.83. The molecular formula is C14H14N2. The second kappa shape index (κ2) is 3.63. The lowest BCUT2D eigenvalue weighted by Crippen LogP contribution is -2.19. The molecule has 1 aromatic carbocycles. The van der Waals surface area contributed by atoms with Gasteiger partial charge in [-0.25, -0.2) is 0 Å². The molecule has 3 rings (SSSR count). The molecule has 80 valence electrons. The van der Waals surface area contributed by atoms with Crippen LogP contribution in [-0.2, 0) is 6.54 Å². The van der Waals surface area contributed by atoms with Crippen LogP contribution in [0.1, 0.15) is 16.8 Å². The first-order valence-electron chi connectivity index (χ1n) is 5.62. The van der Waals surface area contributed by atoms with Gasteiger partial charge in [0.05, 0.1) is 18.0 Å². The highest BCUT2D eigenvalue weighted by Crippen LogP contribution is 2.18. The average Bonchev–Trinajstić information content (AvgIpc) is 2.77. The third-order valence-corrected chi connectivity index (χ3v) is 3.08. The fourth-order valence-electron chi connectivity index (χ4n) is 2.24. The first-order valence-corrected chi connectivity index (χ1v) is 5.62. The number of hydrogen-bond acceptors (Lipinski definition) is 1. The van der Waals surface area contributed by atoms with Gasteiger partial charge < -0.3 is 4.57 Å². The fraction of sp³-hybridized carbons (Fsp3) is 0.214. The van der Waals surface area contributed by atoms with Crippen LogP contribution in [0.3, 0.4) is 0 Å². The number of aliphatic imine (C=N–C) groups is 1. The van der Waals surface area contributed by atoms with Crippen LogP contribution in [0, 0.1) is 6.92 Å². The van der Waals surface area contributed by atoms with Gasteiger partial charge in [-0.05, 0) is 24.6 Å². The number of aromatic nitrogens is 1. The number of rotatable bonds is 1. The number of benzene rings is 1. The molecule has 0 saturated carbocycles. The van der Waals surface area contributed by atoms with Gasteiger partial charge in [0.2, 0.25) is 0 Å². The summed E-state index contributed by atoms with van der Waals surface area (Å²) in [7, 11) is 0. The smallest absolute Gasteiger partial charge is 0.0886 e. The van der Waals surface area contributed by atoms with Crippen molar-refractivity contribution in [2.24, 2.45) is 4.99 Å². The van der Waals surface area contributed by atoms with E-state index in [0.717, 1.165) is 18.8 Å². The van der Waals surface area contributed by atoms with E-state index < -0.39 is 0 Å². The Morgan fingerprint density at radius 3 is 2.88 bits per heavy atom. The molecule has 0 radical (unpaired) electrons. The van der Waals surface area contributed by atoms with Gasteiger partial charge in [-0.15, -0.1) is 0 Å². The minimum atomic E-state index is 0.880. The summed E-state index contributed by atoms with van der Waals surface area (Å²) >= 11 is 0. The SMILES string of the molecule is Cc1ccccc1C1=NCCn2cccc21. The summed E-state index contributed by atoms with van der Waals surface area (Å²) < 4.78 is 2.27. The molecule has 2 aromatic rings. The van der Waals surface area contributed by atoms with Gasteiger partial charge in [-0.2, -0.15) is 0 Å². The summed E-state index contributed by atoms with van der Waals surface area (Å²) in [5.74, 6) is 0. The maximum absolute atomic E-state index is 4.67.